The highest BCUT2D eigenvalue weighted by Gasteiger charge is 2.22. The van der Waals surface area contributed by atoms with E-state index in [-0.39, 0.29) is 0 Å². The third-order valence-electron chi connectivity index (χ3n) is 11.8. The monoisotopic (exact) mass is 765 g/mol. The molecule has 5 heteroatoms. The molecule has 60 heavy (non-hydrogen) atoms. The van der Waals surface area contributed by atoms with Gasteiger partial charge in [0.2, 0.25) is 0 Å². The maximum Gasteiger partial charge on any atom is 0.164 e. The van der Waals surface area contributed by atoms with Gasteiger partial charge < -0.3 is 0 Å². The molecule has 0 aliphatic carbocycles. The Balaban J connectivity index is 1.000. The molecule has 0 N–H and O–H groups in total. The highest BCUT2D eigenvalue weighted by atomic mass is 15.1. The SMILES string of the molecule is c1ccc(-n2c3ccccc3n3c4ccccc4c(-c4ccc(-c5cccc(-c6nc(-c7cccc8ccccc78)nc(-c7cccc8ccccc78)n6)c5)cc4)c23)cc1. The second kappa shape index (κ2) is 13.8. The van der Waals surface area contributed by atoms with Crippen molar-refractivity contribution in [1.29, 1.82) is 0 Å². The van der Waals surface area contributed by atoms with Crippen molar-refractivity contribution >= 4 is 49.1 Å². The predicted molar refractivity (Wildman–Crippen MR) is 247 cm³/mol. The molecule has 3 heterocycles. The van der Waals surface area contributed by atoms with Crippen molar-refractivity contribution in [2.75, 3.05) is 0 Å². The van der Waals surface area contributed by atoms with Crippen molar-refractivity contribution in [2.45, 2.75) is 0 Å². The van der Waals surface area contributed by atoms with Gasteiger partial charge in [-0.2, -0.15) is 0 Å². The van der Waals surface area contributed by atoms with Crippen LogP contribution in [-0.4, -0.2) is 23.9 Å². The first-order valence-corrected chi connectivity index (χ1v) is 20.3. The van der Waals surface area contributed by atoms with E-state index in [0.717, 1.165) is 66.3 Å². The van der Waals surface area contributed by atoms with Crippen molar-refractivity contribution in [3.63, 3.8) is 0 Å². The Morgan fingerprint density at radius 1 is 0.317 bits per heavy atom. The topological polar surface area (TPSA) is 48.0 Å². The Morgan fingerprint density at radius 3 is 1.50 bits per heavy atom. The summed E-state index contributed by atoms with van der Waals surface area (Å²) in [4.78, 5) is 15.6. The predicted octanol–water partition coefficient (Wildman–Crippen LogP) is 13.9. The molecule has 0 aliphatic heterocycles. The lowest BCUT2D eigenvalue weighted by Gasteiger charge is -2.12. The average Bonchev–Trinajstić information content (AvgIpc) is 3.84. The van der Waals surface area contributed by atoms with Crippen LogP contribution in [0.4, 0.5) is 0 Å². The lowest BCUT2D eigenvalue weighted by atomic mass is 9.98. The van der Waals surface area contributed by atoms with Crippen LogP contribution in [0.15, 0.2) is 212 Å². The highest BCUT2D eigenvalue weighted by molar-refractivity contribution is 6.09. The van der Waals surface area contributed by atoms with Crippen LogP contribution in [0.2, 0.25) is 0 Å². The van der Waals surface area contributed by atoms with Crippen LogP contribution in [0.1, 0.15) is 0 Å². The van der Waals surface area contributed by atoms with E-state index in [9.17, 15) is 0 Å². The Labute approximate surface area is 346 Å². The minimum Gasteiger partial charge on any atom is -0.293 e. The molecule has 9 aromatic carbocycles. The standard InChI is InChI=1S/C55H35N5/c1-2-21-42(22-3-1)59-49-29-10-11-30-50(49)60-48-28-9-8-25-47(48)51(55(59)60)39-33-31-36(32-34-39)40-19-12-20-41(35-40)52-56-53(45-26-13-17-37-15-4-6-23-43(37)45)58-54(57-52)46-27-14-18-38-16-5-7-24-44(38)46/h1-35H. The molecular weight excluding hydrogens is 731 g/mol. The van der Waals surface area contributed by atoms with Crippen molar-refractivity contribution in [3.05, 3.63) is 212 Å². The van der Waals surface area contributed by atoms with Crippen molar-refractivity contribution < 1.29 is 0 Å². The van der Waals surface area contributed by atoms with Gasteiger partial charge in [0.1, 0.15) is 5.65 Å². The van der Waals surface area contributed by atoms with Crippen LogP contribution in [0.25, 0.3) is 111 Å². The number of aromatic nitrogens is 5. The molecule has 0 amide bonds. The molecule has 12 aromatic rings. The van der Waals surface area contributed by atoms with Gasteiger partial charge in [0.15, 0.2) is 17.5 Å². The van der Waals surface area contributed by atoms with E-state index in [1.165, 1.54) is 27.5 Å². The van der Waals surface area contributed by atoms with Crippen LogP contribution < -0.4 is 0 Å². The molecule has 0 bridgehead atoms. The third kappa shape index (κ3) is 5.44. The zero-order valence-corrected chi connectivity index (χ0v) is 32.4. The second-order valence-electron chi connectivity index (χ2n) is 15.2. The summed E-state index contributed by atoms with van der Waals surface area (Å²) >= 11 is 0. The van der Waals surface area contributed by atoms with E-state index in [0.29, 0.717) is 17.5 Å². The van der Waals surface area contributed by atoms with E-state index in [1.54, 1.807) is 0 Å². The molecule has 5 nitrogen and oxygen atoms in total. The highest BCUT2D eigenvalue weighted by Crippen LogP contribution is 2.41. The normalized spacial score (nSPS) is 11.7. The zero-order chi connectivity index (χ0) is 39.6. The lowest BCUT2D eigenvalue weighted by molar-refractivity contribution is 1.08. The van der Waals surface area contributed by atoms with Gasteiger partial charge in [-0.1, -0.05) is 176 Å². The average molecular weight is 766 g/mol. The summed E-state index contributed by atoms with van der Waals surface area (Å²) in [6.07, 6.45) is 0. The first-order valence-electron chi connectivity index (χ1n) is 20.3. The maximum absolute atomic E-state index is 5.19. The first kappa shape index (κ1) is 33.9. The van der Waals surface area contributed by atoms with Crippen LogP contribution in [0.5, 0.6) is 0 Å². The number of imidazole rings is 1. The van der Waals surface area contributed by atoms with Gasteiger partial charge in [-0.05, 0) is 74.6 Å². The molecule has 3 aromatic heterocycles. The number of rotatable bonds is 6. The van der Waals surface area contributed by atoms with Gasteiger partial charge in [0.25, 0.3) is 0 Å². The van der Waals surface area contributed by atoms with Gasteiger partial charge in [0.05, 0.1) is 16.6 Å². The molecule has 280 valence electrons. The van der Waals surface area contributed by atoms with E-state index >= 15 is 0 Å². The van der Waals surface area contributed by atoms with Crippen molar-refractivity contribution in [2.24, 2.45) is 0 Å². The minimum atomic E-state index is 0.630. The largest absolute Gasteiger partial charge is 0.293 e. The molecule has 0 spiro atoms. The summed E-state index contributed by atoms with van der Waals surface area (Å²) in [5, 5.41) is 5.71. The fourth-order valence-corrected chi connectivity index (χ4v) is 9.02. The summed E-state index contributed by atoms with van der Waals surface area (Å²) in [6, 6.07) is 75.1. The fraction of sp³-hybridized carbons (Fsp3) is 0. The zero-order valence-electron chi connectivity index (χ0n) is 32.4. The van der Waals surface area contributed by atoms with E-state index in [1.807, 2.05) is 0 Å². The Morgan fingerprint density at radius 2 is 0.817 bits per heavy atom. The number of benzene rings is 9. The molecular formula is C55H35N5. The van der Waals surface area contributed by atoms with Gasteiger partial charge in [-0.25, -0.2) is 15.0 Å². The first-order chi connectivity index (χ1) is 29.8. The summed E-state index contributed by atoms with van der Waals surface area (Å²) in [6.45, 7) is 0. The van der Waals surface area contributed by atoms with Crippen molar-refractivity contribution in [3.8, 4) is 62.1 Å². The van der Waals surface area contributed by atoms with Crippen molar-refractivity contribution in [1.82, 2.24) is 23.9 Å². The molecule has 0 aliphatic rings. The number of hydrogen-bond acceptors (Lipinski definition) is 3. The van der Waals surface area contributed by atoms with Gasteiger partial charge >= 0.3 is 0 Å². The molecule has 0 fully saturated rings. The van der Waals surface area contributed by atoms with Crippen LogP contribution in [-0.2, 0) is 0 Å². The molecule has 0 saturated carbocycles. The lowest BCUT2D eigenvalue weighted by Crippen LogP contribution is -2.01. The molecule has 0 atom stereocenters. The van der Waals surface area contributed by atoms with E-state index < -0.39 is 0 Å². The number of para-hydroxylation sites is 4. The Kier molecular flexibility index (Phi) is 7.78. The Hall–Kier alpha value is -8.15. The van der Waals surface area contributed by atoms with Crippen LogP contribution >= 0.6 is 0 Å². The molecule has 0 unspecified atom stereocenters. The quantitative estimate of drug-likeness (QED) is 0.169. The number of nitrogens with zero attached hydrogens (tertiary/aromatic N) is 5. The third-order valence-corrected chi connectivity index (χ3v) is 11.8. The number of fused-ring (bicyclic) bond motifs is 7. The molecule has 12 rings (SSSR count). The van der Waals surface area contributed by atoms with E-state index in [4.69, 9.17) is 15.0 Å². The molecule has 0 saturated heterocycles. The van der Waals surface area contributed by atoms with Gasteiger partial charge in [-0.15, -0.1) is 0 Å². The summed E-state index contributed by atoms with van der Waals surface area (Å²) in [7, 11) is 0. The second-order valence-corrected chi connectivity index (χ2v) is 15.2. The summed E-state index contributed by atoms with van der Waals surface area (Å²) in [5.74, 6) is 1.92. The van der Waals surface area contributed by atoms with Gasteiger partial charge in [0, 0.05) is 33.3 Å². The summed E-state index contributed by atoms with van der Waals surface area (Å²) < 4.78 is 4.81. The maximum atomic E-state index is 5.19. The van der Waals surface area contributed by atoms with Crippen LogP contribution in [0.3, 0.4) is 0 Å². The van der Waals surface area contributed by atoms with Gasteiger partial charge in [-0.3, -0.25) is 8.97 Å². The van der Waals surface area contributed by atoms with E-state index in [2.05, 4.69) is 221 Å². The minimum absolute atomic E-state index is 0.630. The number of hydrogen-bond donors (Lipinski definition) is 0. The van der Waals surface area contributed by atoms with Crippen LogP contribution in [0, 0.1) is 0 Å². The fourth-order valence-electron chi connectivity index (χ4n) is 9.02. The molecule has 0 radical (unpaired) electrons. The smallest absolute Gasteiger partial charge is 0.164 e. The Bertz CT molecular complexity index is 3490. The summed E-state index contributed by atoms with van der Waals surface area (Å²) in [5.41, 5.74) is 13.3.